The first-order valence-electron chi connectivity index (χ1n) is 26.7. The Morgan fingerprint density at radius 1 is 0.628 bits per heavy atom. The molecule has 0 unspecified atom stereocenters. The van der Waals surface area contributed by atoms with Gasteiger partial charge in [-0.2, -0.15) is 0 Å². The van der Waals surface area contributed by atoms with Crippen molar-refractivity contribution in [3.05, 3.63) is 169 Å². The monoisotopic (exact) mass is 1600 g/mol. The van der Waals surface area contributed by atoms with Crippen LogP contribution in [-0.2, 0) is 24.0 Å². The zero-order valence-corrected chi connectivity index (χ0v) is 60.6. The number of hydrogen-bond donors (Lipinski definition) is 5. The van der Waals surface area contributed by atoms with Crippen LogP contribution in [0.3, 0.4) is 0 Å². The van der Waals surface area contributed by atoms with Crippen LogP contribution < -0.4 is 50.8 Å². The molecule has 4 aliphatic rings. The Kier molecular flexibility index (Phi) is 32.5. The summed E-state index contributed by atoms with van der Waals surface area (Å²) in [5.74, 6) is 1.32. The Hall–Kier alpha value is -8.24. The Bertz CT molecular complexity index is 3660. The van der Waals surface area contributed by atoms with Crippen LogP contribution in [0.4, 0.5) is 56.9 Å². The Morgan fingerprint density at radius 3 is 1.37 bits per heavy atom. The first-order chi connectivity index (χ1) is 42.9. The van der Waals surface area contributed by atoms with Gasteiger partial charge in [0.05, 0.1) is 72.1 Å². The van der Waals surface area contributed by atoms with Crippen molar-refractivity contribution in [2.75, 3.05) is 51.5 Å². The number of phenolic OH excluding ortho intramolecular Hbond substituents is 1. The fourth-order valence-corrected chi connectivity index (χ4v) is 7.52. The molecule has 0 fully saturated rings. The average molecular weight is 1600 g/mol. The number of nitro benzene ring substituents is 4. The third kappa shape index (κ3) is 26.6. The van der Waals surface area contributed by atoms with Gasteiger partial charge in [0.1, 0.15) is 45.6 Å². The average Bonchev–Trinajstić information content (AvgIpc) is 0.833. The molecule has 35 heteroatoms. The van der Waals surface area contributed by atoms with Crippen LogP contribution in [0, 0.1) is 40.5 Å². The number of amides is 3. The Morgan fingerprint density at radius 2 is 0.979 bits per heavy atom. The minimum atomic E-state index is -0.955. The summed E-state index contributed by atoms with van der Waals surface area (Å²) in [6, 6.07) is 21.6. The van der Waals surface area contributed by atoms with Gasteiger partial charge in [-0.15, -0.1) is 0 Å². The number of rotatable bonds is 8. The SMILES string of the molecule is C=CC(=O)Cl.C=CC(=O)N1CC(C)(C)Oc2ccc(N)cc21.C=CC(=O)N1CC(C)(C)Oc2ccc([N+](=O)[O-])cc21.CC(C)(Br)C(=O)Br.CC1(C)CNc2cc([N+](=O)[O-])ccc2O1.CC1(C)Oc2ccc([N+](=O)[O-])cc2NC1=O.Nc1cc([N+](=O)[O-])ccc1O.[B].[Cl][Sn][Cl]. The van der Waals surface area contributed by atoms with Gasteiger partial charge in [-0.1, -0.05) is 35.7 Å². The molecule has 3 amide bonds. The van der Waals surface area contributed by atoms with Crippen LogP contribution in [0.5, 0.6) is 28.7 Å². The van der Waals surface area contributed by atoms with Gasteiger partial charge in [0.15, 0.2) is 5.60 Å². The van der Waals surface area contributed by atoms with Crippen LogP contribution in [0.15, 0.2) is 129 Å². The number of nitrogens with one attached hydrogen (secondary N) is 2. The van der Waals surface area contributed by atoms with Gasteiger partial charge in [0.2, 0.25) is 9.93 Å². The molecule has 0 aliphatic carbocycles. The van der Waals surface area contributed by atoms with Gasteiger partial charge in [-0.25, -0.2) is 0 Å². The molecule has 5 aromatic rings. The summed E-state index contributed by atoms with van der Waals surface area (Å²) < 4.78 is 22.2. The molecular formula is C59H67BBr2Cl3N10O18Sn. The number of non-ortho nitro benzene ring substituents is 4. The van der Waals surface area contributed by atoms with Crippen LogP contribution in [-0.4, -0.2) is 126 Å². The molecule has 0 saturated heterocycles. The van der Waals surface area contributed by atoms with E-state index in [9.17, 15) is 64.4 Å². The second-order valence-electron chi connectivity index (χ2n) is 22.1. The molecule has 4 heterocycles. The number of allylic oxidation sites excluding steroid dienone is 1. The summed E-state index contributed by atoms with van der Waals surface area (Å²) in [5.41, 5.74) is 11.3. The van der Waals surface area contributed by atoms with Gasteiger partial charge in [-0.05, 0) is 157 Å². The van der Waals surface area contributed by atoms with Gasteiger partial charge in [-0.3, -0.25) is 64.4 Å². The second kappa shape index (κ2) is 36.4. The van der Waals surface area contributed by atoms with E-state index in [1.54, 1.807) is 56.9 Å². The van der Waals surface area contributed by atoms with Gasteiger partial charge in [0, 0.05) is 62.6 Å². The predicted octanol–water partition coefficient (Wildman–Crippen LogP) is 12.6. The van der Waals surface area contributed by atoms with Crippen LogP contribution >= 0.6 is 61.3 Å². The van der Waals surface area contributed by atoms with Crippen LogP contribution in [0.25, 0.3) is 0 Å². The first kappa shape index (κ1) is 83.8. The van der Waals surface area contributed by atoms with Crippen molar-refractivity contribution < 1.29 is 67.7 Å². The molecule has 9 rings (SSSR count). The molecule has 4 aliphatic heterocycles. The number of hydrogen-bond acceptors (Lipinski definition) is 21. The number of nitrogens with two attached hydrogens (primary N) is 2. The fourth-order valence-electron chi connectivity index (χ4n) is 7.52. The maximum absolute atomic E-state index is 11.9. The molecule has 0 aromatic heterocycles. The predicted molar refractivity (Wildman–Crippen MR) is 372 cm³/mol. The fraction of sp³-hybridized carbons (Fsp3) is 0.305. The first-order valence-corrected chi connectivity index (χ1v) is 35.9. The van der Waals surface area contributed by atoms with Crippen molar-refractivity contribution in [2.24, 2.45) is 0 Å². The number of phenols is 1. The number of anilines is 6. The number of carbonyl (C=O) groups is 5. The number of nitro groups is 4. The van der Waals surface area contributed by atoms with Gasteiger partial charge < -0.3 is 56.0 Å². The van der Waals surface area contributed by atoms with Crippen molar-refractivity contribution in [3.63, 3.8) is 0 Å². The zero-order valence-electron chi connectivity index (χ0n) is 52.3. The van der Waals surface area contributed by atoms with E-state index in [0.29, 0.717) is 71.1 Å². The molecular weight excluding hydrogens is 1530 g/mol. The van der Waals surface area contributed by atoms with Gasteiger partial charge in [0.25, 0.3) is 40.5 Å². The normalized spacial score (nSPS) is 14.5. The number of ether oxygens (including phenoxy) is 4. The minimum absolute atomic E-state index is 0. The topological polar surface area (TPSA) is 398 Å². The van der Waals surface area contributed by atoms with Crippen molar-refractivity contribution in [1.29, 1.82) is 0 Å². The van der Waals surface area contributed by atoms with E-state index >= 15 is 0 Å². The molecule has 94 heavy (non-hydrogen) atoms. The molecule has 5 radical (unpaired) electrons. The number of alkyl halides is 1. The number of halogens is 5. The van der Waals surface area contributed by atoms with Crippen molar-refractivity contribution in [3.8, 4) is 28.7 Å². The molecule has 0 saturated carbocycles. The molecule has 0 bridgehead atoms. The van der Waals surface area contributed by atoms with Gasteiger partial charge >= 0.3 is 36.7 Å². The third-order valence-electron chi connectivity index (χ3n) is 11.9. The van der Waals surface area contributed by atoms with E-state index in [2.05, 4.69) is 62.2 Å². The molecule has 0 spiro atoms. The Balaban J connectivity index is 0.000000559. The number of aromatic hydroxyl groups is 1. The summed E-state index contributed by atoms with van der Waals surface area (Å²) in [6.45, 7) is 29.8. The maximum atomic E-state index is 11.9. The molecule has 503 valence electrons. The molecule has 5 aromatic carbocycles. The Labute approximate surface area is 582 Å². The number of nitrogens with zero attached hydrogens (tertiary/aromatic N) is 6. The molecule has 0 atom stereocenters. The second-order valence-corrected chi connectivity index (χ2v) is 29.4. The van der Waals surface area contributed by atoms with Crippen LogP contribution in [0.2, 0.25) is 0 Å². The summed E-state index contributed by atoms with van der Waals surface area (Å²) in [6.07, 6.45) is 3.53. The number of fused-ring (bicyclic) bond motifs is 4. The molecule has 28 nitrogen and oxygen atoms in total. The number of nitrogen functional groups attached to an aromatic ring is 2. The van der Waals surface area contributed by atoms with Crippen LogP contribution in [0.1, 0.15) is 69.2 Å². The summed E-state index contributed by atoms with van der Waals surface area (Å²) in [7, 11) is 9.87. The summed E-state index contributed by atoms with van der Waals surface area (Å²) >= 11 is 9.84. The third-order valence-corrected chi connectivity index (χ3v) is 13.9. The van der Waals surface area contributed by atoms with Crippen molar-refractivity contribution in [2.45, 2.75) is 96.0 Å². The van der Waals surface area contributed by atoms with Crippen molar-refractivity contribution >= 4 is 173 Å². The number of carbonyl (C=O) groups excluding carboxylic acids is 5. The van der Waals surface area contributed by atoms with Crippen molar-refractivity contribution in [1.82, 2.24) is 0 Å². The quantitative estimate of drug-likeness (QED) is 0.0141. The van der Waals surface area contributed by atoms with E-state index in [4.69, 9.17) is 65.0 Å². The van der Waals surface area contributed by atoms with E-state index in [1.165, 1.54) is 77.7 Å². The zero-order chi connectivity index (χ0) is 71.3. The molecule has 7 N–H and O–H groups in total. The van der Waals surface area contributed by atoms with E-state index in [-0.39, 0.29) is 70.6 Å². The summed E-state index contributed by atoms with van der Waals surface area (Å²) in [4.78, 5) is 98.2. The standard InChI is InChI=1S/C13H14N2O4.C13H16N2O2.C10H10N2O4.C10H12N2O3.C6H6N2O3.C4H6Br2O.C3H3ClO.B.2ClH.Sn/c1-4-12(16)14-8-13(2,3)19-11-6-5-9(15(17)18)7-10(11)14;1-4-12(16)15-8-13(2,3)17-11-6-5-9(14)7-10(11)15;1-10(2)9(13)11-7-5-6(12(14)15)3-4-8(7)16-10;1-10(2)6-11-8-5-7(12(13)14)3-4-9(8)15-10;7-5-3-4(8(10)11)1-2-6(5)9;1-4(2,6)3(5)7;1-2-3(4)5;;;;/h4-7H,1,8H2,2-3H3;4-7H,1,8,14H2,2-3H3;3-5H,1-2H3,(H,11,13);3-5,11H,6H2,1-2H3;1-3,9H,7H2;1-2H3;2H,1H2;;2*1H;/q;;;;;;;;;;+2/p-2. The summed E-state index contributed by atoms with van der Waals surface area (Å²) in [5, 5.41) is 56.1. The van der Waals surface area contributed by atoms with E-state index in [0.717, 1.165) is 12.1 Å². The number of benzene rings is 5. The van der Waals surface area contributed by atoms with E-state index < -0.39 is 65.0 Å². The van der Waals surface area contributed by atoms with E-state index in [1.807, 2.05) is 41.5 Å².